The van der Waals surface area contributed by atoms with Gasteiger partial charge in [0, 0.05) is 12.1 Å². The Morgan fingerprint density at radius 3 is 2.87 bits per heavy atom. The second-order valence-corrected chi connectivity index (χ2v) is 8.53. The second-order valence-electron chi connectivity index (χ2n) is 7.54. The van der Waals surface area contributed by atoms with Crippen molar-refractivity contribution in [3.8, 4) is 5.75 Å². The van der Waals surface area contributed by atoms with Gasteiger partial charge in [-0.25, -0.2) is 14.8 Å². The molecule has 1 aliphatic rings. The van der Waals surface area contributed by atoms with Crippen LogP contribution in [0.15, 0.2) is 24.3 Å². The number of nitrogens with zero attached hydrogens (tertiary/aromatic N) is 4. The van der Waals surface area contributed by atoms with Crippen molar-refractivity contribution in [2.45, 2.75) is 26.9 Å². The number of benzene rings is 1. The van der Waals surface area contributed by atoms with E-state index in [9.17, 15) is 4.79 Å². The minimum Gasteiger partial charge on any atom is -0.491 e. The molecule has 1 aromatic carbocycles. The third-order valence-electron chi connectivity index (χ3n) is 4.99. The number of anilines is 1. The molecule has 0 saturated carbocycles. The van der Waals surface area contributed by atoms with E-state index in [1.807, 2.05) is 51.0 Å². The standard InChI is InChI=1S/C22H26N4O3S/c1-5-28-22(27)19-14(2)18-20(23-17(13-25(3)4)24-21(18)30-19)26-10-11-29-16-9-7-6-8-15(16)12-26/h6-9H,5,10-13H2,1-4H3. The lowest BCUT2D eigenvalue weighted by atomic mass is 10.1. The number of ether oxygens (including phenoxy) is 2. The van der Waals surface area contributed by atoms with Crippen LogP contribution in [-0.2, 0) is 17.8 Å². The van der Waals surface area contributed by atoms with Gasteiger partial charge in [-0.05, 0) is 39.6 Å². The molecule has 0 amide bonds. The molecule has 3 aromatic rings. The maximum atomic E-state index is 12.5. The first kappa shape index (κ1) is 20.6. The van der Waals surface area contributed by atoms with Crippen LogP contribution in [0.4, 0.5) is 5.82 Å². The molecular weight excluding hydrogens is 400 g/mol. The lowest BCUT2D eigenvalue weighted by Gasteiger charge is -2.23. The average Bonchev–Trinajstić information content (AvgIpc) is 2.90. The van der Waals surface area contributed by atoms with E-state index < -0.39 is 0 Å². The largest absolute Gasteiger partial charge is 0.491 e. The molecule has 0 atom stereocenters. The van der Waals surface area contributed by atoms with Crippen molar-refractivity contribution in [2.75, 3.05) is 38.8 Å². The lowest BCUT2D eigenvalue weighted by Crippen LogP contribution is -2.27. The van der Waals surface area contributed by atoms with Crippen molar-refractivity contribution in [1.82, 2.24) is 14.9 Å². The Morgan fingerprint density at radius 1 is 1.30 bits per heavy atom. The highest BCUT2D eigenvalue weighted by atomic mass is 32.1. The van der Waals surface area contributed by atoms with E-state index in [1.165, 1.54) is 11.3 Å². The summed E-state index contributed by atoms with van der Waals surface area (Å²) in [6, 6.07) is 8.09. The van der Waals surface area contributed by atoms with E-state index in [0.717, 1.165) is 38.7 Å². The number of hydrogen-bond acceptors (Lipinski definition) is 8. The predicted molar refractivity (Wildman–Crippen MR) is 118 cm³/mol. The third-order valence-corrected chi connectivity index (χ3v) is 6.15. The molecule has 4 rings (SSSR count). The quantitative estimate of drug-likeness (QED) is 0.577. The number of aromatic nitrogens is 2. The van der Waals surface area contributed by atoms with E-state index in [4.69, 9.17) is 19.4 Å². The minimum atomic E-state index is -0.303. The fraction of sp³-hybridized carbons (Fsp3) is 0.409. The van der Waals surface area contributed by atoms with Crippen molar-refractivity contribution >= 4 is 33.3 Å². The van der Waals surface area contributed by atoms with Gasteiger partial charge in [-0.3, -0.25) is 0 Å². The molecule has 3 heterocycles. The second kappa shape index (κ2) is 8.57. The van der Waals surface area contributed by atoms with Crippen LogP contribution >= 0.6 is 11.3 Å². The highest BCUT2D eigenvalue weighted by molar-refractivity contribution is 7.20. The molecule has 0 radical (unpaired) electrons. The van der Waals surface area contributed by atoms with Crippen molar-refractivity contribution < 1.29 is 14.3 Å². The Morgan fingerprint density at radius 2 is 2.10 bits per heavy atom. The molecule has 0 bridgehead atoms. The number of carbonyl (C=O) groups excluding carboxylic acids is 1. The maximum absolute atomic E-state index is 12.5. The molecule has 8 heteroatoms. The van der Waals surface area contributed by atoms with Gasteiger partial charge in [0.25, 0.3) is 0 Å². The summed E-state index contributed by atoms with van der Waals surface area (Å²) in [6.07, 6.45) is 0. The molecule has 0 saturated heterocycles. The first-order valence-corrected chi connectivity index (χ1v) is 10.9. The van der Waals surface area contributed by atoms with Gasteiger partial charge >= 0.3 is 5.97 Å². The maximum Gasteiger partial charge on any atom is 0.348 e. The van der Waals surface area contributed by atoms with Gasteiger partial charge in [0.2, 0.25) is 0 Å². The van der Waals surface area contributed by atoms with Crippen LogP contribution in [0.5, 0.6) is 5.75 Å². The van der Waals surface area contributed by atoms with Gasteiger partial charge in [-0.1, -0.05) is 18.2 Å². The summed E-state index contributed by atoms with van der Waals surface area (Å²) in [5, 5.41) is 0.921. The zero-order valence-corrected chi connectivity index (χ0v) is 18.6. The van der Waals surface area contributed by atoms with Crippen LogP contribution in [0.3, 0.4) is 0 Å². The van der Waals surface area contributed by atoms with Crippen molar-refractivity contribution in [3.05, 3.63) is 46.1 Å². The Labute approximate surface area is 180 Å². The van der Waals surface area contributed by atoms with Crippen molar-refractivity contribution in [3.63, 3.8) is 0 Å². The number of rotatable bonds is 5. The zero-order chi connectivity index (χ0) is 21.3. The fourth-order valence-corrected chi connectivity index (χ4v) is 4.73. The van der Waals surface area contributed by atoms with Crippen LogP contribution < -0.4 is 9.64 Å². The van der Waals surface area contributed by atoms with Crippen LogP contribution in [0.2, 0.25) is 0 Å². The molecule has 0 aliphatic carbocycles. The molecule has 1 aliphatic heterocycles. The van der Waals surface area contributed by atoms with Gasteiger partial charge in [0.1, 0.15) is 33.7 Å². The number of esters is 1. The first-order valence-electron chi connectivity index (χ1n) is 10.1. The summed E-state index contributed by atoms with van der Waals surface area (Å²) in [5.41, 5.74) is 1.99. The average molecular weight is 427 g/mol. The number of hydrogen-bond donors (Lipinski definition) is 0. The number of fused-ring (bicyclic) bond motifs is 2. The minimum absolute atomic E-state index is 0.303. The number of carbonyl (C=O) groups is 1. The van der Waals surface area contributed by atoms with Gasteiger partial charge in [0.05, 0.1) is 25.1 Å². The SMILES string of the molecule is CCOC(=O)c1sc2nc(CN(C)C)nc(N3CCOc4ccccc4C3)c2c1C. The van der Waals surface area contributed by atoms with Gasteiger partial charge < -0.3 is 19.3 Å². The van der Waals surface area contributed by atoms with E-state index in [2.05, 4.69) is 11.0 Å². The van der Waals surface area contributed by atoms with Crippen LogP contribution in [0.25, 0.3) is 10.2 Å². The van der Waals surface area contributed by atoms with E-state index in [1.54, 1.807) is 0 Å². The lowest BCUT2D eigenvalue weighted by molar-refractivity contribution is 0.0531. The summed E-state index contributed by atoms with van der Waals surface area (Å²) >= 11 is 1.38. The van der Waals surface area contributed by atoms with E-state index in [-0.39, 0.29) is 5.97 Å². The number of thiophene rings is 1. The highest BCUT2D eigenvalue weighted by Gasteiger charge is 2.25. The molecule has 2 aromatic heterocycles. The Bertz CT molecular complexity index is 1080. The molecule has 0 fully saturated rings. The van der Waals surface area contributed by atoms with Crippen molar-refractivity contribution in [1.29, 1.82) is 0 Å². The molecule has 0 unspecified atom stereocenters. The summed E-state index contributed by atoms with van der Waals surface area (Å²) in [5.74, 6) is 2.19. The molecule has 30 heavy (non-hydrogen) atoms. The molecular formula is C22H26N4O3S. The summed E-state index contributed by atoms with van der Waals surface area (Å²) < 4.78 is 11.2. The van der Waals surface area contributed by atoms with Gasteiger partial charge in [-0.15, -0.1) is 11.3 Å². The third kappa shape index (κ3) is 3.97. The summed E-state index contributed by atoms with van der Waals surface area (Å²) in [4.78, 5) is 27.9. The van der Waals surface area contributed by atoms with Gasteiger partial charge in [0.15, 0.2) is 0 Å². The van der Waals surface area contributed by atoms with Crippen LogP contribution in [0.1, 0.15) is 33.5 Å². The first-order chi connectivity index (χ1) is 14.5. The Kier molecular flexibility index (Phi) is 5.87. The van der Waals surface area contributed by atoms with E-state index >= 15 is 0 Å². The normalized spacial score (nSPS) is 13.8. The van der Waals surface area contributed by atoms with Crippen molar-refractivity contribution in [2.24, 2.45) is 0 Å². The highest BCUT2D eigenvalue weighted by Crippen LogP contribution is 2.37. The molecule has 0 N–H and O–H groups in total. The smallest absolute Gasteiger partial charge is 0.348 e. The van der Waals surface area contributed by atoms with Gasteiger partial charge in [-0.2, -0.15) is 0 Å². The summed E-state index contributed by atoms with van der Waals surface area (Å²) in [7, 11) is 3.99. The number of aryl methyl sites for hydroxylation is 1. The monoisotopic (exact) mass is 426 g/mol. The molecule has 7 nitrogen and oxygen atoms in total. The predicted octanol–water partition coefficient (Wildman–Crippen LogP) is 3.64. The summed E-state index contributed by atoms with van der Waals surface area (Å²) in [6.45, 7) is 6.69. The Hall–Kier alpha value is -2.71. The fourth-order valence-electron chi connectivity index (χ4n) is 3.64. The molecule has 0 spiro atoms. The Balaban J connectivity index is 1.85. The molecule has 158 valence electrons. The van der Waals surface area contributed by atoms with Crippen LogP contribution in [0, 0.1) is 6.92 Å². The zero-order valence-electron chi connectivity index (χ0n) is 17.8. The number of para-hydroxylation sites is 1. The topological polar surface area (TPSA) is 67.8 Å². The van der Waals surface area contributed by atoms with Crippen LogP contribution in [-0.4, -0.2) is 54.7 Å². The van der Waals surface area contributed by atoms with E-state index in [0.29, 0.717) is 37.7 Å².